The van der Waals surface area contributed by atoms with Gasteiger partial charge in [-0.05, 0) is 34.6 Å². The van der Waals surface area contributed by atoms with Gasteiger partial charge in [-0.2, -0.15) is 12.6 Å². The van der Waals surface area contributed by atoms with E-state index in [2.05, 4.69) is 17.9 Å². The molecule has 0 rings (SSSR count). The predicted molar refractivity (Wildman–Crippen MR) is 61.2 cm³/mol. The first kappa shape index (κ1) is 17.1. The molecule has 1 atom stereocenters. The van der Waals surface area contributed by atoms with E-state index in [1.54, 1.807) is 13.8 Å². The summed E-state index contributed by atoms with van der Waals surface area (Å²) in [6.45, 7) is 6.05. The minimum Gasteiger partial charge on any atom is -0.548 e. The van der Waals surface area contributed by atoms with Gasteiger partial charge < -0.3 is 20.0 Å². The molecule has 1 N–H and O–H groups in total. The van der Waals surface area contributed by atoms with Gasteiger partial charge in [0.05, 0.1) is 12.0 Å². The Morgan fingerprint density at radius 2 is 1.88 bits per heavy atom. The SMILES string of the molecule is [2H]CC(C)(C)OC(=O)N[C@H](C(=O)[O-])C(C)(C)S.[Na+]. The number of amides is 1. The van der Waals surface area contributed by atoms with E-state index in [-0.39, 0.29) is 36.5 Å². The number of rotatable bonds is 3. The molecule has 7 heteroatoms. The van der Waals surface area contributed by atoms with Crippen molar-refractivity contribution in [3.63, 3.8) is 0 Å². The molecule has 0 spiro atoms. The van der Waals surface area contributed by atoms with Crippen LogP contribution in [0.5, 0.6) is 0 Å². The molecule has 0 aliphatic heterocycles. The van der Waals surface area contributed by atoms with Crippen LogP contribution in [-0.4, -0.2) is 28.5 Å². The van der Waals surface area contributed by atoms with Crippen molar-refractivity contribution >= 4 is 24.7 Å². The Bertz CT molecular complexity index is 307. The Morgan fingerprint density at radius 1 is 1.41 bits per heavy atom. The third kappa shape index (κ3) is 8.77. The number of thiol groups is 1. The Hall–Kier alpha value is 0.0900. The molecular weight excluding hydrogens is 253 g/mol. The Labute approximate surface area is 131 Å². The van der Waals surface area contributed by atoms with Crippen LogP contribution in [-0.2, 0) is 9.53 Å². The zero-order valence-electron chi connectivity index (χ0n) is 11.9. The number of carboxylic acids is 1. The largest absolute Gasteiger partial charge is 1.00 e. The van der Waals surface area contributed by atoms with Crippen molar-refractivity contribution in [1.29, 1.82) is 0 Å². The zero-order valence-corrected chi connectivity index (χ0v) is 13.8. The Morgan fingerprint density at radius 3 is 2.18 bits per heavy atom. The van der Waals surface area contributed by atoms with E-state index in [1.165, 1.54) is 13.8 Å². The first-order chi connectivity index (χ1) is 7.49. The van der Waals surface area contributed by atoms with Gasteiger partial charge in [0.15, 0.2) is 0 Å². The maximum absolute atomic E-state index is 11.4. The van der Waals surface area contributed by atoms with Crippen LogP contribution in [0.1, 0.15) is 36.0 Å². The smallest absolute Gasteiger partial charge is 0.548 e. The minimum atomic E-state index is -1.44. The van der Waals surface area contributed by atoms with Gasteiger partial charge >= 0.3 is 35.7 Å². The number of aliphatic carboxylic acids is 1. The number of carbonyl (C=O) groups is 2. The number of carboxylic acid groups (broad SMARTS) is 1. The van der Waals surface area contributed by atoms with E-state index in [9.17, 15) is 14.7 Å². The van der Waals surface area contributed by atoms with Crippen LogP contribution in [0.15, 0.2) is 0 Å². The molecule has 94 valence electrons. The molecule has 0 aromatic carbocycles. The zero-order chi connectivity index (χ0) is 13.9. The molecule has 1 amide bonds. The first-order valence-electron chi connectivity index (χ1n) is 5.42. The van der Waals surface area contributed by atoms with E-state index in [0.29, 0.717) is 0 Å². The van der Waals surface area contributed by atoms with E-state index in [4.69, 9.17) is 6.11 Å². The summed E-state index contributed by atoms with van der Waals surface area (Å²) in [6, 6.07) is -1.28. The molecule has 0 aromatic rings. The number of nitrogens with one attached hydrogen (secondary N) is 1. The van der Waals surface area contributed by atoms with Crippen molar-refractivity contribution < 1.29 is 50.4 Å². The Balaban J connectivity index is 0. The number of alkyl carbamates (subject to hydrolysis) is 1. The van der Waals surface area contributed by atoms with Crippen molar-refractivity contribution in [2.75, 3.05) is 0 Å². The summed E-state index contributed by atoms with van der Waals surface area (Å²) in [7, 11) is 0. The summed E-state index contributed by atoms with van der Waals surface area (Å²) < 4.78 is 11.1. The van der Waals surface area contributed by atoms with Crippen LogP contribution < -0.4 is 40.0 Å². The molecule has 0 fully saturated rings. The maximum Gasteiger partial charge on any atom is 1.00 e. The Kier molecular flexibility index (Phi) is 6.91. The van der Waals surface area contributed by atoms with Crippen LogP contribution in [0.2, 0.25) is 0 Å². The van der Waals surface area contributed by atoms with Gasteiger partial charge in [-0.1, -0.05) is 0 Å². The van der Waals surface area contributed by atoms with Crippen molar-refractivity contribution in [2.24, 2.45) is 0 Å². The van der Waals surface area contributed by atoms with Crippen LogP contribution in [0.3, 0.4) is 0 Å². The van der Waals surface area contributed by atoms with Crippen molar-refractivity contribution in [2.45, 2.75) is 51.0 Å². The van der Waals surface area contributed by atoms with E-state index >= 15 is 0 Å². The van der Waals surface area contributed by atoms with E-state index in [0.717, 1.165) is 0 Å². The average molecular weight is 272 g/mol. The van der Waals surface area contributed by atoms with Gasteiger partial charge in [-0.25, -0.2) is 4.79 Å². The van der Waals surface area contributed by atoms with Crippen LogP contribution >= 0.6 is 12.6 Å². The van der Waals surface area contributed by atoms with Gasteiger partial charge in [0.1, 0.15) is 5.60 Å². The molecule has 17 heavy (non-hydrogen) atoms. The van der Waals surface area contributed by atoms with E-state index < -0.39 is 28.5 Å². The molecule has 0 bridgehead atoms. The second-order valence-corrected chi connectivity index (χ2v) is 5.85. The standard InChI is InChI=1S/C10H19NO4S.Na/c1-9(2,3)15-8(14)11-6(7(12)13)10(4,5)16;/h6,16H,1-5H3,(H,11,14)(H,12,13);/q;+1/p-1/t6-;/m1./s1/i1D;. The number of hydrogen-bond acceptors (Lipinski definition) is 5. The van der Waals surface area contributed by atoms with Crippen molar-refractivity contribution in [3.05, 3.63) is 0 Å². The van der Waals surface area contributed by atoms with Gasteiger partial charge in [-0.3, -0.25) is 0 Å². The van der Waals surface area contributed by atoms with E-state index in [1.807, 2.05) is 0 Å². The van der Waals surface area contributed by atoms with Gasteiger partial charge in [0.2, 0.25) is 0 Å². The molecule has 0 aliphatic carbocycles. The molecule has 0 saturated heterocycles. The van der Waals surface area contributed by atoms with Gasteiger partial charge in [0, 0.05) is 6.12 Å². The number of hydrogen-bond donors (Lipinski definition) is 2. The molecule has 0 aliphatic rings. The summed E-state index contributed by atoms with van der Waals surface area (Å²) in [5.41, 5.74) is -0.971. The van der Waals surface area contributed by atoms with Crippen molar-refractivity contribution in [3.8, 4) is 0 Å². The van der Waals surface area contributed by atoms with Crippen molar-refractivity contribution in [1.82, 2.24) is 5.32 Å². The molecular formula is C10H18NNaO4S. The van der Waals surface area contributed by atoms with Crippen LogP contribution in [0.4, 0.5) is 4.79 Å². The van der Waals surface area contributed by atoms with Gasteiger partial charge in [0.25, 0.3) is 0 Å². The number of ether oxygens (including phenoxy) is 1. The maximum atomic E-state index is 11.4. The quantitative estimate of drug-likeness (QED) is 0.434. The molecule has 5 nitrogen and oxygen atoms in total. The average Bonchev–Trinajstić information content (AvgIpc) is 2.11. The summed E-state index contributed by atoms with van der Waals surface area (Å²) in [6.07, 6.45) is -0.904. The summed E-state index contributed by atoms with van der Waals surface area (Å²) in [4.78, 5) is 22.3. The molecule has 0 radical (unpaired) electrons. The summed E-state index contributed by atoms with van der Waals surface area (Å²) in [5, 5.41) is 13.0. The predicted octanol–water partition coefficient (Wildman–Crippen LogP) is -2.66. The van der Waals surface area contributed by atoms with Crippen LogP contribution in [0.25, 0.3) is 0 Å². The van der Waals surface area contributed by atoms with Crippen LogP contribution in [0, 0.1) is 0 Å². The third-order valence-corrected chi connectivity index (χ3v) is 1.83. The minimum absolute atomic E-state index is 0. The number of carbonyl (C=O) groups excluding carboxylic acids is 2. The summed E-state index contributed by atoms with van der Waals surface area (Å²) >= 11 is 4.07. The third-order valence-electron chi connectivity index (χ3n) is 1.57. The summed E-state index contributed by atoms with van der Waals surface area (Å²) in [5.74, 6) is -1.44. The molecule has 0 unspecified atom stereocenters. The monoisotopic (exact) mass is 272 g/mol. The second-order valence-electron chi connectivity index (χ2n) is 4.70. The topological polar surface area (TPSA) is 78.5 Å². The molecule has 0 saturated carbocycles. The fourth-order valence-electron chi connectivity index (χ4n) is 0.922. The fraction of sp³-hybridized carbons (Fsp3) is 0.800. The second kappa shape index (κ2) is 6.87. The fourth-order valence-corrected chi connectivity index (χ4v) is 1.09. The van der Waals surface area contributed by atoms with Gasteiger partial charge in [-0.15, -0.1) is 0 Å². The first-order valence-corrected chi connectivity index (χ1v) is 5.16. The molecule has 0 heterocycles. The molecule has 0 aromatic heterocycles. The normalized spacial score (nSPS) is 14.1.